The normalized spacial score (nSPS) is 11.9. The number of esters is 2. The van der Waals surface area contributed by atoms with E-state index in [-0.39, 0.29) is 38.0 Å². The molecule has 0 fully saturated rings. The van der Waals surface area contributed by atoms with Crippen molar-refractivity contribution in [3.05, 3.63) is 0 Å². The second-order valence-electron chi connectivity index (χ2n) is 11.9. The minimum Gasteiger partial charge on any atom is -0.481 e. The molecular formula is C34H62N2O10. The lowest BCUT2D eigenvalue weighted by atomic mass is 10.1. The van der Waals surface area contributed by atoms with E-state index in [9.17, 15) is 28.8 Å². The Morgan fingerprint density at radius 1 is 0.565 bits per heavy atom. The van der Waals surface area contributed by atoms with Gasteiger partial charge in [-0.15, -0.1) is 0 Å². The number of nitrogens with one attached hydrogen (secondary N) is 1. The highest BCUT2D eigenvalue weighted by Gasteiger charge is 2.21. The van der Waals surface area contributed by atoms with Crippen LogP contribution < -0.4 is 11.1 Å². The molecule has 0 saturated carbocycles. The zero-order valence-corrected chi connectivity index (χ0v) is 28.4. The molecule has 0 aromatic rings. The summed E-state index contributed by atoms with van der Waals surface area (Å²) in [7, 11) is 0. The number of rotatable bonds is 29. The molecule has 6 N–H and O–H groups in total. The molecule has 0 spiro atoms. The van der Waals surface area contributed by atoms with Gasteiger partial charge in [0.15, 0.2) is 0 Å². The van der Waals surface area contributed by atoms with E-state index < -0.39 is 41.9 Å². The van der Waals surface area contributed by atoms with Crippen LogP contribution in [0.2, 0.25) is 0 Å². The Bertz CT molecular complexity index is 850. The van der Waals surface area contributed by atoms with E-state index in [1.54, 1.807) is 0 Å². The van der Waals surface area contributed by atoms with Crippen LogP contribution >= 0.6 is 0 Å². The Kier molecular flexibility index (Phi) is 31.3. The Labute approximate surface area is 275 Å². The summed E-state index contributed by atoms with van der Waals surface area (Å²) in [5, 5.41) is 28.4. The Morgan fingerprint density at radius 2 is 0.957 bits per heavy atom. The number of carbonyl (C=O) groups is 6. The molecule has 0 aliphatic heterocycles. The maximum atomic E-state index is 11.7. The SMILES string of the molecule is CCCCCCCCCCCC(=O)N[C@@H](CCC(=O)O)C(=O)O.CCCCCCCCCCCC(=O)OC(=O)[C@@H](N)CCC(=O)O. The highest BCUT2D eigenvalue weighted by Crippen LogP contribution is 2.12. The van der Waals surface area contributed by atoms with Gasteiger partial charge in [-0.25, -0.2) is 9.59 Å². The summed E-state index contributed by atoms with van der Waals surface area (Å²) in [6.45, 7) is 4.39. The Hall–Kier alpha value is -3.02. The number of carboxylic acids is 3. The first-order valence-electron chi connectivity index (χ1n) is 17.4. The van der Waals surface area contributed by atoms with Crippen LogP contribution in [-0.4, -0.2) is 63.2 Å². The summed E-state index contributed by atoms with van der Waals surface area (Å²) >= 11 is 0. The number of hydrogen-bond acceptors (Lipinski definition) is 8. The first-order chi connectivity index (χ1) is 21.9. The summed E-state index contributed by atoms with van der Waals surface area (Å²) in [5.41, 5.74) is 5.47. The average Bonchev–Trinajstić information content (AvgIpc) is 3.00. The molecule has 0 radical (unpaired) electrons. The molecule has 1 amide bonds. The minimum absolute atomic E-state index is 0.0283. The van der Waals surface area contributed by atoms with E-state index in [1.807, 2.05) is 0 Å². The number of carbonyl (C=O) groups excluding carboxylic acids is 3. The number of nitrogens with two attached hydrogens (primary N) is 1. The number of unbranched alkanes of at least 4 members (excludes halogenated alkanes) is 16. The number of amides is 1. The van der Waals surface area contributed by atoms with Crippen molar-refractivity contribution in [1.82, 2.24) is 5.32 Å². The maximum absolute atomic E-state index is 11.7. The molecule has 12 heteroatoms. The molecule has 0 aliphatic carbocycles. The zero-order chi connectivity index (χ0) is 35.0. The molecule has 0 aromatic heterocycles. The van der Waals surface area contributed by atoms with Gasteiger partial charge in [0.1, 0.15) is 12.1 Å². The van der Waals surface area contributed by atoms with Crippen LogP contribution in [0.4, 0.5) is 0 Å². The summed E-state index contributed by atoms with van der Waals surface area (Å²) in [6.07, 6.45) is 20.5. The van der Waals surface area contributed by atoms with Gasteiger partial charge in [-0.2, -0.15) is 0 Å². The largest absolute Gasteiger partial charge is 0.481 e. The number of aliphatic carboxylic acids is 3. The summed E-state index contributed by atoms with van der Waals surface area (Å²) in [5.74, 6) is -5.02. The molecule has 0 heterocycles. The average molecular weight is 659 g/mol. The quantitative estimate of drug-likeness (QED) is 0.0332. The molecule has 12 nitrogen and oxygen atoms in total. The standard InChI is InChI=1S/2C17H31NO5/c1-2-3-4-5-6-7-8-9-10-11-16(21)23-17(22)14(18)12-13-15(19)20;1-2-3-4-5-6-7-8-9-10-11-15(19)18-14(17(22)23)12-13-16(20)21/h14H,2-13,18H2,1H3,(H,19,20);14H,2-13H2,1H3,(H,18,19)(H,20,21)(H,22,23)/t2*14-/m00/s1. The van der Waals surface area contributed by atoms with Crippen LogP contribution in [0.15, 0.2) is 0 Å². The second kappa shape index (κ2) is 31.9. The van der Waals surface area contributed by atoms with Gasteiger partial charge >= 0.3 is 29.8 Å². The Morgan fingerprint density at radius 3 is 1.37 bits per heavy atom. The van der Waals surface area contributed by atoms with E-state index >= 15 is 0 Å². The third-order valence-corrected chi connectivity index (χ3v) is 7.46. The fourth-order valence-corrected chi connectivity index (χ4v) is 4.60. The van der Waals surface area contributed by atoms with Gasteiger partial charge in [-0.05, 0) is 25.7 Å². The monoisotopic (exact) mass is 658 g/mol. The third kappa shape index (κ3) is 32.4. The van der Waals surface area contributed by atoms with Crippen LogP contribution in [-0.2, 0) is 33.5 Å². The molecule has 0 saturated heterocycles. The van der Waals surface area contributed by atoms with Gasteiger partial charge in [0.05, 0.1) is 0 Å². The third-order valence-electron chi connectivity index (χ3n) is 7.46. The first-order valence-corrected chi connectivity index (χ1v) is 17.4. The maximum Gasteiger partial charge on any atom is 0.330 e. The second-order valence-corrected chi connectivity index (χ2v) is 11.9. The predicted molar refractivity (Wildman–Crippen MR) is 176 cm³/mol. The molecule has 0 bridgehead atoms. The predicted octanol–water partition coefficient (Wildman–Crippen LogP) is 6.51. The van der Waals surface area contributed by atoms with E-state index in [0.29, 0.717) is 12.8 Å². The molecule has 0 unspecified atom stereocenters. The van der Waals surface area contributed by atoms with E-state index in [0.717, 1.165) is 32.1 Å². The first kappa shape index (κ1) is 45.1. The number of ether oxygens (including phenoxy) is 1. The number of hydrogen-bond donors (Lipinski definition) is 5. The van der Waals surface area contributed by atoms with E-state index in [1.165, 1.54) is 77.0 Å². The van der Waals surface area contributed by atoms with Crippen LogP contribution in [0.5, 0.6) is 0 Å². The molecule has 2 atom stereocenters. The number of carboxylic acid groups (broad SMARTS) is 3. The van der Waals surface area contributed by atoms with Crippen LogP contribution in [0, 0.1) is 0 Å². The van der Waals surface area contributed by atoms with Crippen molar-refractivity contribution in [3.63, 3.8) is 0 Å². The van der Waals surface area contributed by atoms with Crippen molar-refractivity contribution in [1.29, 1.82) is 0 Å². The fourth-order valence-electron chi connectivity index (χ4n) is 4.60. The summed E-state index contributed by atoms with van der Waals surface area (Å²) in [6, 6.07) is -2.17. The lowest BCUT2D eigenvalue weighted by Gasteiger charge is -2.13. The van der Waals surface area contributed by atoms with Crippen molar-refractivity contribution in [2.75, 3.05) is 0 Å². The minimum atomic E-state index is -1.19. The van der Waals surface area contributed by atoms with Gasteiger partial charge in [-0.1, -0.05) is 117 Å². The molecule has 46 heavy (non-hydrogen) atoms. The van der Waals surface area contributed by atoms with Crippen molar-refractivity contribution in [2.45, 2.75) is 180 Å². The van der Waals surface area contributed by atoms with E-state index in [2.05, 4.69) is 23.9 Å². The highest BCUT2D eigenvalue weighted by atomic mass is 16.6. The van der Waals surface area contributed by atoms with Gasteiger partial charge in [-0.3, -0.25) is 19.2 Å². The van der Waals surface area contributed by atoms with Crippen molar-refractivity contribution < 1.29 is 48.8 Å². The molecule has 268 valence electrons. The molecule has 0 aromatic carbocycles. The lowest BCUT2D eigenvalue weighted by Crippen LogP contribution is -2.41. The topological polar surface area (TPSA) is 210 Å². The van der Waals surface area contributed by atoms with Gasteiger partial charge in [0, 0.05) is 25.7 Å². The van der Waals surface area contributed by atoms with Crippen molar-refractivity contribution >= 4 is 35.8 Å². The molecule has 0 rings (SSSR count). The van der Waals surface area contributed by atoms with Crippen LogP contribution in [0.3, 0.4) is 0 Å². The van der Waals surface area contributed by atoms with Crippen molar-refractivity contribution in [2.24, 2.45) is 5.73 Å². The van der Waals surface area contributed by atoms with E-state index in [4.69, 9.17) is 21.1 Å². The summed E-state index contributed by atoms with van der Waals surface area (Å²) < 4.78 is 4.62. The molecular weight excluding hydrogens is 596 g/mol. The lowest BCUT2D eigenvalue weighted by molar-refractivity contribution is -0.161. The van der Waals surface area contributed by atoms with Gasteiger partial charge in [0.2, 0.25) is 5.91 Å². The zero-order valence-electron chi connectivity index (χ0n) is 28.4. The fraction of sp³-hybridized carbons (Fsp3) is 0.824. The van der Waals surface area contributed by atoms with Gasteiger partial charge in [0.25, 0.3) is 0 Å². The molecule has 0 aliphatic rings. The highest BCUT2D eigenvalue weighted by molar-refractivity contribution is 5.88. The van der Waals surface area contributed by atoms with Crippen molar-refractivity contribution in [3.8, 4) is 0 Å². The van der Waals surface area contributed by atoms with Crippen LogP contribution in [0.1, 0.15) is 168 Å². The van der Waals surface area contributed by atoms with Gasteiger partial charge < -0.3 is 31.1 Å². The summed E-state index contributed by atoms with van der Waals surface area (Å²) in [4.78, 5) is 66.4. The Balaban J connectivity index is 0. The van der Waals surface area contributed by atoms with Crippen LogP contribution in [0.25, 0.3) is 0 Å². The smallest absolute Gasteiger partial charge is 0.330 e.